The third-order valence-corrected chi connectivity index (χ3v) is 4.42. The van der Waals surface area contributed by atoms with Crippen molar-refractivity contribution < 1.29 is 20.4 Å². The highest BCUT2D eigenvalue weighted by Crippen LogP contribution is 2.12. The Hall–Kier alpha value is -0.200. The molecule has 0 aliphatic carbocycles. The molecule has 0 aliphatic rings. The lowest BCUT2D eigenvalue weighted by atomic mass is 10.0. The summed E-state index contributed by atoms with van der Waals surface area (Å²) >= 11 is 0. The quantitative estimate of drug-likeness (QED) is 0.226. The van der Waals surface area contributed by atoms with E-state index in [0.29, 0.717) is 6.54 Å². The minimum Gasteiger partial charge on any atom is -0.367 e. The summed E-state index contributed by atoms with van der Waals surface area (Å²) in [5.74, 6) is 0. The summed E-state index contributed by atoms with van der Waals surface area (Å²) in [5, 5.41) is 36.0. The van der Waals surface area contributed by atoms with Crippen molar-refractivity contribution in [1.82, 2.24) is 4.90 Å². The van der Waals surface area contributed by atoms with Crippen LogP contribution in [-0.2, 0) is 0 Å². The second kappa shape index (κ2) is 17.6. The summed E-state index contributed by atoms with van der Waals surface area (Å²) in [6.45, 7) is 3.06. The van der Waals surface area contributed by atoms with Crippen LogP contribution in [0.25, 0.3) is 0 Å². The first-order valence-corrected chi connectivity index (χ1v) is 10.0. The van der Waals surface area contributed by atoms with Crippen LogP contribution in [-0.4, -0.2) is 57.5 Å². The average Bonchev–Trinajstić information content (AvgIpc) is 2.50. The highest BCUT2D eigenvalue weighted by molar-refractivity contribution is 4.60. The first-order chi connectivity index (χ1) is 11.6. The zero-order chi connectivity index (χ0) is 18.0. The van der Waals surface area contributed by atoms with Gasteiger partial charge in [-0.1, -0.05) is 84.0 Å². The maximum absolute atomic E-state index is 8.99. The van der Waals surface area contributed by atoms with E-state index >= 15 is 0 Å². The molecule has 146 valence electrons. The third kappa shape index (κ3) is 18.1. The van der Waals surface area contributed by atoms with E-state index in [-0.39, 0.29) is 13.1 Å². The van der Waals surface area contributed by atoms with Gasteiger partial charge in [0.05, 0.1) is 0 Å². The molecule has 0 amide bonds. The van der Waals surface area contributed by atoms with Gasteiger partial charge in [-0.2, -0.15) is 0 Å². The molecule has 4 N–H and O–H groups in total. The molecule has 0 rings (SSSR count). The predicted octanol–water partition coefficient (Wildman–Crippen LogP) is 3.00. The highest BCUT2D eigenvalue weighted by Gasteiger charge is 2.12. The molecule has 0 saturated carbocycles. The number of aliphatic hydroxyl groups excluding tert-OH is 2. The summed E-state index contributed by atoms with van der Waals surface area (Å²) < 4.78 is 0. The monoisotopic (exact) mass is 347 g/mol. The van der Waals surface area contributed by atoms with Crippen molar-refractivity contribution in [2.75, 3.05) is 19.6 Å². The van der Waals surface area contributed by atoms with Gasteiger partial charge >= 0.3 is 0 Å². The molecule has 5 nitrogen and oxygen atoms in total. The number of unbranched alkanes of at least 4 members (excludes halogenated alkanes) is 12. The molecule has 0 unspecified atom stereocenters. The maximum Gasteiger partial charge on any atom is 0.164 e. The fourth-order valence-corrected chi connectivity index (χ4v) is 3.07. The number of nitrogens with zero attached hydrogens (tertiary/aromatic N) is 1. The van der Waals surface area contributed by atoms with E-state index in [1.165, 1.54) is 70.6 Å². The topological polar surface area (TPSA) is 84.2 Å². The molecular weight excluding hydrogens is 306 g/mol. The lowest BCUT2D eigenvalue weighted by molar-refractivity contribution is -0.0946. The number of hydrogen-bond acceptors (Lipinski definition) is 5. The summed E-state index contributed by atoms with van der Waals surface area (Å²) in [6, 6.07) is 0. The van der Waals surface area contributed by atoms with Crippen LogP contribution in [0.3, 0.4) is 0 Å². The molecule has 0 atom stereocenters. The van der Waals surface area contributed by atoms with E-state index in [0.717, 1.165) is 12.8 Å². The molecule has 0 radical (unpaired) electrons. The van der Waals surface area contributed by atoms with Crippen LogP contribution >= 0.6 is 0 Å². The predicted molar refractivity (Wildman–Crippen MR) is 98.6 cm³/mol. The Balaban J connectivity index is 3.36. The largest absolute Gasteiger partial charge is 0.367 e. The van der Waals surface area contributed by atoms with Crippen molar-refractivity contribution in [2.24, 2.45) is 0 Å². The van der Waals surface area contributed by atoms with Gasteiger partial charge in [-0.05, 0) is 13.0 Å². The molecule has 0 aromatic carbocycles. The second-order valence-corrected chi connectivity index (χ2v) is 6.96. The molecule has 0 bridgehead atoms. The molecule has 5 heteroatoms. The van der Waals surface area contributed by atoms with Crippen LogP contribution in [0.4, 0.5) is 0 Å². The van der Waals surface area contributed by atoms with Gasteiger partial charge in [-0.25, -0.2) is 0 Å². The smallest absolute Gasteiger partial charge is 0.164 e. The molecule has 0 spiro atoms. The zero-order valence-electron chi connectivity index (χ0n) is 15.7. The Bertz CT molecular complexity index is 240. The summed E-state index contributed by atoms with van der Waals surface area (Å²) in [6.07, 6.45) is 14.0. The van der Waals surface area contributed by atoms with Gasteiger partial charge in [-0.15, -0.1) is 0 Å². The van der Waals surface area contributed by atoms with Gasteiger partial charge in [0.25, 0.3) is 0 Å². The van der Waals surface area contributed by atoms with E-state index in [4.69, 9.17) is 20.4 Å². The van der Waals surface area contributed by atoms with Crippen molar-refractivity contribution in [3.63, 3.8) is 0 Å². The first-order valence-electron chi connectivity index (χ1n) is 10.0. The maximum atomic E-state index is 8.99. The van der Waals surface area contributed by atoms with Crippen LogP contribution < -0.4 is 0 Å². The Morgan fingerprint density at radius 2 is 0.875 bits per heavy atom. The van der Waals surface area contributed by atoms with Crippen molar-refractivity contribution >= 4 is 0 Å². The van der Waals surface area contributed by atoms with Gasteiger partial charge in [0.15, 0.2) is 12.6 Å². The van der Waals surface area contributed by atoms with Crippen molar-refractivity contribution in [2.45, 2.75) is 103 Å². The van der Waals surface area contributed by atoms with Crippen molar-refractivity contribution in [3.8, 4) is 0 Å². The lowest BCUT2D eigenvalue weighted by Crippen LogP contribution is -2.38. The first kappa shape index (κ1) is 23.8. The molecule has 0 aromatic rings. The van der Waals surface area contributed by atoms with Gasteiger partial charge in [0.1, 0.15) is 0 Å². The van der Waals surface area contributed by atoms with Crippen LogP contribution in [0.5, 0.6) is 0 Å². The number of aliphatic hydroxyl groups is 4. The van der Waals surface area contributed by atoms with Crippen LogP contribution in [0, 0.1) is 0 Å². The Labute approximate surface area is 148 Å². The fourth-order valence-electron chi connectivity index (χ4n) is 3.07. The third-order valence-electron chi connectivity index (χ3n) is 4.42. The summed E-state index contributed by atoms with van der Waals surface area (Å²) in [5.41, 5.74) is 0. The molecule has 0 aromatic heterocycles. The minimum absolute atomic E-state index is 0.0654. The molecule has 0 fully saturated rings. The normalized spacial score (nSPS) is 12.0. The van der Waals surface area contributed by atoms with E-state index in [9.17, 15) is 0 Å². The van der Waals surface area contributed by atoms with Gasteiger partial charge in [-0.3, -0.25) is 4.90 Å². The van der Waals surface area contributed by atoms with Crippen molar-refractivity contribution in [3.05, 3.63) is 0 Å². The summed E-state index contributed by atoms with van der Waals surface area (Å²) in [7, 11) is 0. The Kier molecular flexibility index (Phi) is 17.5. The Morgan fingerprint density at radius 3 is 1.21 bits per heavy atom. The average molecular weight is 348 g/mol. The van der Waals surface area contributed by atoms with Crippen LogP contribution in [0.15, 0.2) is 0 Å². The molecule has 0 heterocycles. The molecular formula is C19H41NO4. The van der Waals surface area contributed by atoms with Crippen LogP contribution in [0.2, 0.25) is 0 Å². The number of hydrogen-bond donors (Lipinski definition) is 4. The minimum atomic E-state index is -1.43. The standard InChI is InChI=1S/C19H41NO4/c1-2-3-4-5-6-7-8-9-10-11-12-13-14-15-20(16-18(21)22)17-19(23)24/h18-19,21-24H,2-17H2,1H3. The molecule has 0 saturated heterocycles. The SMILES string of the molecule is CCCCCCCCCCCCCCCN(CC(O)O)CC(O)O. The van der Waals surface area contributed by atoms with E-state index in [1.807, 2.05) is 0 Å². The number of rotatable bonds is 18. The van der Waals surface area contributed by atoms with Gasteiger partial charge < -0.3 is 20.4 Å². The second-order valence-electron chi connectivity index (χ2n) is 6.96. The van der Waals surface area contributed by atoms with Crippen molar-refractivity contribution in [1.29, 1.82) is 0 Å². The van der Waals surface area contributed by atoms with E-state index < -0.39 is 12.6 Å². The molecule has 0 aliphatic heterocycles. The van der Waals surface area contributed by atoms with E-state index in [2.05, 4.69) is 6.92 Å². The molecule has 24 heavy (non-hydrogen) atoms. The van der Waals surface area contributed by atoms with Crippen LogP contribution in [0.1, 0.15) is 90.4 Å². The van der Waals surface area contributed by atoms with Gasteiger partial charge in [0.2, 0.25) is 0 Å². The van der Waals surface area contributed by atoms with Gasteiger partial charge in [0, 0.05) is 13.1 Å². The van der Waals surface area contributed by atoms with E-state index in [1.54, 1.807) is 4.90 Å². The lowest BCUT2D eigenvalue weighted by Gasteiger charge is -2.23. The fraction of sp³-hybridized carbons (Fsp3) is 1.00. The Morgan fingerprint density at radius 1 is 0.542 bits per heavy atom. The summed E-state index contributed by atoms with van der Waals surface area (Å²) in [4.78, 5) is 1.69. The highest BCUT2D eigenvalue weighted by atomic mass is 16.5. The zero-order valence-corrected chi connectivity index (χ0v) is 15.7.